The third-order valence-electron chi connectivity index (χ3n) is 2.29. The van der Waals surface area contributed by atoms with Crippen molar-refractivity contribution in [3.05, 3.63) is 29.8 Å². The van der Waals surface area contributed by atoms with Crippen LogP contribution in [0.4, 0.5) is 0 Å². The summed E-state index contributed by atoms with van der Waals surface area (Å²) < 4.78 is 23.0. The van der Waals surface area contributed by atoms with E-state index in [1.54, 1.807) is 38.2 Å². The molecule has 0 aliphatic rings. The van der Waals surface area contributed by atoms with Gasteiger partial charge in [-0.15, -0.1) is 0 Å². The van der Waals surface area contributed by atoms with Gasteiger partial charge in [-0.1, -0.05) is 19.1 Å². The smallest absolute Gasteiger partial charge is 0.178 e. The summed E-state index contributed by atoms with van der Waals surface area (Å²) in [7, 11) is -1.36. The van der Waals surface area contributed by atoms with Crippen molar-refractivity contribution in [2.45, 2.75) is 18.0 Å². The molecule has 1 rings (SSSR count). The normalized spacial score (nSPS) is 13.8. The molecule has 4 nitrogen and oxygen atoms in total. The quantitative estimate of drug-likeness (QED) is 0.742. The Morgan fingerprint density at radius 1 is 1.33 bits per heavy atom. The summed E-state index contributed by atoms with van der Waals surface area (Å²) in [6.45, 7) is 1.63. The highest BCUT2D eigenvalue weighted by Gasteiger charge is 2.11. The molecule has 1 atom stereocenters. The van der Waals surface area contributed by atoms with Crippen LogP contribution >= 0.6 is 0 Å². The fourth-order valence-electron chi connectivity index (χ4n) is 1.22. The van der Waals surface area contributed by atoms with Crippen LogP contribution in [-0.2, 0) is 9.84 Å². The lowest BCUT2D eigenvalue weighted by molar-refractivity contribution is 0.596. The van der Waals surface area contributed by atoms with Crippen molar-refractivity contribution in [3.8, 4) is 0 Å². The van der Waals surface area contributed by atoms with Gasteiger partial charge in [0.1, 0.15) is 0 Å². The Labute approximate surface area is 90.4 Å². The number of benzene rings is 1. The Balaban J connectivity index is 3.00. The summed E-state index contributed by atoms with van der Waals surface area (Å²) >= 11 is 0. The van der Waals surface area contributed by atoms with E-state index in [0.29, 0.717) is 4.90 Å². The van der Waals surface area contributed by atoms with E-state index in [9.17, 15) is 8.42 Å². The van der Waals surface area contributed by atoms with Crippen LogP contribution in [0.25, 0.3) is 0 Å². The second-order valence-electron chi connectivity index (χ2n) is 3.24. The van der Waals surface area contributed by atoms with Gasteiger partial charge < -0.3 is 11.1 Å². The fourth-order valence-corrected chi connectivity index (χ4v) is 2.10. The lowest BCUT2D eigenvalue weighted by Gasteiger charge is -2.10. The van der Waals surface area contributed by atoms with Crippen molar-refractivity contribution >= 4 is 9.84 Å². The number of hydrogen-bond acceptors (Lipinski definition) is 4. The molecule has 0 aliphatic heterocycles. The van der Waals surface area contributed by atoms with E-state index in [0.717, 1.165) is 5.56 Å². The van der Waals surface area contributed by atoms with Gasteiger partial charge in [0.15, 0.2) is 9.84 Å². The Morgan fingerprint density at radius 2 is 1.87 bits per heavy atom. The highest BCUT2D eigenvalue weighted by Crippen LogP contribution is 2.14. The molecule has 5 heteroatoms. The molecule has 0 fully saturated rings. The summed E-state index contributed by atoms with van der Waals surface area (Å²) in [5.41, 5.74) is 6.59. The molecule has 0 saturated carbocycles. The number of nitrogens with one attached hydrogen (secondary N) is 1. The summed E-state index contributed by atoms with van der Waals surface area (Å²) in [5.74, 6) is 0.116. The van der Waals surface area contributed by atoms with Gasteiger partial charge in [0.25, 0.3) is 0 Å². The molecule has 15 heavy (non-hydrogen) atoms. The van der Waals surface area contributed by atoms with Crippen LogP contribution in [0, 0.1) is 0 Å². The van der Waals surface area contributed by atoms with E-state index in [2.05, 4.69) is 5.32 Å². The van der Waals surface area contributed by atoms with Crippen molar-refractivity contribution in [1.29, 1.82) is 0 Å². The average Bonchev–Trinajstić information content (AvgIpc) is 2.28. The Kier molecular flexibility index (Phi) is 3.84. The molecule has 1 aromatic rings. The second kappa shape index (κ2) is 4.74. The van der Waals surface area contributed by atoms with Crippen LogP contribution < -0.4 is 11.1 Å². The Hall–Kier alpha value is -0.910. The maximum Gasteiger partial charge on any atom is 0.178 e. The van der Waals surface area contributed by atoms with Crippen molar-refractivity contribution in [2.24, 2.45) is 5.73 Å². The molecular formula is C10H16N2O2S. The molecule has 0 saturated heterocycles. The van der Waals surface area contributed by atoms with Gasteiger partial charge in [-0.2, -0.15) is 0 Å². The highest BCUT2D eigenvalue weighted by molar-refractivity contribution is 7.91. The molecule has 1 unspecified atom stereocenters. The second-order valence-corrected chi connectivity index (χ2v) is 5.52. The third kappa shape index (κ3) is 2.77. The minimum Gasteiger partial charge on any atom is -0.312 e. The first-order chi connectivity index (χ1) is 7.01. The minimum atomic E-state index is -3.11. The molecule has 3 N–H and O–H groups in total. The maximum absolute atomic E-state index is 11.5. The first-order valence-electron chi connectivity index (χ1n) is 4.77. The van der Waals surface area contributed by atoms with E-state index >= 15 is 0 Å². The predicted molar refractivity (Wildman–Crippen MR) is 60.2 cm³/mol. The summed E-state index contributed by atoms with van der Waals surface area (Å²) in [5, 5.41) is 2.88. The Bertz CT molecular complexity index is 412. The van der Waals surface area contributed by atoms with Gasteiger partial charge >= 0.3 is 0 Å². The van der Waals surface area contributed by atoms with Crippen LogP contribution in [0.1, 0.15) is 18.7 Å². The molecule has 0 heterocycles. The van der Waals surface area contributed by atoms with Crippen molar-refractivity contribution in [3.63, 3.8) is 0 Å². The summed E-state index contributed by atoms with van der Waals surface area (Å²) in [6.07, 6.45) is -0.261. The van der Waals surface area contributed by atoms with E-state index in [1.165, 1.54) is 0 Å². The van der Waals surface area contributed by atoms with Gasteiger partial charge in [0, 0.05) is 0 Å². The number of nitrogens with two attached hydrogens (primary N) is 1. The molecule has 84 valence electrons. The van der Waals surface area contributed by atoms with Gasteiger partial charge in [0.05, 0.1) is 16.8 Å². The molecule has 0 aromatic heterocycles. The molecule has 0 amide bonds. The van der Waals surface area contributed by atoms with E-state index in [-0.39, 0.29) is 11.9 Å². The summed E-state index contributed by atoms with van der Waals surface area (Å²) in [6, 6.07) is 6.63. The van der Waals surface area contributed by atoms with E-state index in [1.807, 2.05) is 0 Å². The third-order valence-corrected chi connectivity index (χ3v) is 4.04. The van der Waals surface area contributed by atoms with Gasteiger partial charge in [0.2, 0.25) is 0 Å². The van der Waals surface area contributed by atoms with Crippen LogP contribution in [-0.4, -0.2) is 21.2 Å². The lowest BCUT2D eigenvalue weighted by Crippen LogP contribution is -2.24. The molecule has 0 bridgehead atoms. The van der Waals surface area contributed by atoms with E-state index < -0.39 is 9.84 Å². The van der Waals surface area contributed by atoms with Crippen LogP contribution in [0.2, 0.25) is 0 Å². The van der Waals surface area contributed by atoms with Crippen LogP contribution in [0.15, 0.2) is 29.2 Å². The van der Waals surface area contributed by atoms with Crippen LogP contribution in [0.3, 0.4) is 0 Å². The number of sulfone groups is 1. The zero-order chi connectivity index (χ0) is 11.5. The zero-order valence-electron chi connectivity index (χ0n) is 8.90. The summed E-state index contributed by atoms with van der Waals surface area (Å²) in [4.78, 5) is 0.344. The first kappa shape index (κ1) is 12.2. The maximum atomic E-state index is 11.5. The first-order valence-corrected chi connectivity index (χ1v) is 6.42. The predicted octanol–water partition coefficient (Wildman–Crippen LogP) is 0.657. The van der Waals surface area contributed by atoms with Crippen molar-refractivity contribution in [1.82, 2.24) is 5.32 Å². The topological polar surface area (TPSA) is 72.2 Å². The van der Waals surface area contributed by atoms with Crippen LogP contribution in [0.5, 0.6) is 0 Å². The van der Waals surface area contributed by atoms with Crippen molar-refractivity contribution < 1.29 is 8.42 Å². The Morgan fingerprint density at radius 3 is 2.27 bits per heavy atom. The highest BCUT2D eigenvalue weighted by atomic mass is 32.2. The van der Waals surface area contributed by atoms with Gasteiger partial charge in [-0.05, 0) is 24.7 Å². The molecular weight excluding hydrogens is 212 g/mol. The monoisotopic (exact) mass is 228 g/mol. The molecule has 0 radical (unpaired) electrons. The molecule has 1 aromatic carbocycles. The van der Waals surface area contributed by atoms with Gasteiger partial charge in [-0.25, -0.2) is 8.42 Å². The molecule has 0 aliphatic carbocycles. The number of hydrogen-bond donors (Lipinski definition) is 2. The fraction of sp³-hybridized carbons (Fsp3) is 0.400. The zero-order valence-corrected chi connectivity index (χ0v) is 9.71. The molecule has 0 spiro atoms. The SMILES string of the molecule is CCS(=O)(=O)c1ccc(C(N)NC)cc1. The standard InChI is InChI=1S/C10H16N2O2S/c1-3-15(13,14)9-6-4-8(5-7-9)10(11)12-2/h4-7,10,12H,3,11H2,1-2H3. The average molecular weight is 228 g/mol. The van der Waals surface area contributed by atoms with Crippen molar-refractivity contribution in [2.75, 3.05) is 12.8 Å². The van der Waals surface area contributed by atoms with E-state index in [4.69, 9.17) is 5.73 Å². The van der Waals surface area contributed by atoms with Gasteiger partial charge in [-0.3, -0.25) is 0 Å². The lowest BCUT2D eigenvalue weighted by atomic mass is 10.2. The number of rotatable bonds is 4. The minimum absolute atomic E-state index is 0.116. The largest absolute Gasteiger partial charge is 0.312 e.